The van der Waals surface area contributed by atoms with Crippen LogP contribution in [0.25, 0.3) is 21.9 Å². The molecule has 2 aromatic carbocycles. The lowest BCUT2D eigenvalue weighted by atomic mass is 10.2. The van der Waals surface area contributed by atoms with Crippen LogP contribution in [0.2, 0.25) is 0 Å². The van der Waals surface area contributed by atoms with E-state index in [0.717, 1.165) is 34.8 Å². The maximum atomic E-state index is 13.0. The van der Waals surface area contributed by atoms with E-state index in [9.17, 15) is 22.8 Å². The molecule has 2 heterocycles. The number of hydrogen-bond donors (Lipinski definition) is 2. The van der Waals surface area contributed by atoms with Gasteiger partial charge < -0.3 is 10.3 Å². The Morgan fingerprint density at radius 3 is 2.59 bits per heavy atom. The summed E-state index contributed by atoms with van der Waals surface area (Å²) in [6.07, 6.45) is -2.89. The van der Waals surface area contributed by atoms with Gasteiger partial charge in [0.05, 0.1) is 11.3 Å². The van der Waals surface area contributed by atoms with Gasteiger partial charge >= 0.3 is 6.18 Å². The van der Waals surface area contributed by atoms with Crippen molar-refractivity contribution in [1.29, 1.82) is 0 Å². The number of hydrogen-bond acceptors (Lipinski definition) is 4. The highest BCUT2D eigenvalue weighted by Gasteiger charge is 2.30. The van der Waals surface area contributed by atoms with Gasteiger partial charge in [0.1, 0.15) is 11.0 Å². The van der Waals surface area contributed by atoms with Crippen LogP contribution in [0.5, 0.6) is 0 Å². The van der Waals surface area contributed by atoms with Gasteiger partial charge in [0.25, 0.3) is 5.56 Å². The highest BCUT2D eigenvalue weighted by atomic mass is 32.2. The summed E-state index contributed by atoms with van der Waals surface area (Å²) in [5.41, 5.74) is 0.820. The second-order valence-electron chi connectivity index (χ2n) is 6.90. The first-order chi connectivity index (χ1) is 15.3. The highest BCUT2D eigenvalue weighted by molar-refractivity contribution is 7.99. The molecule has 4 rings (SSSR count). The molecule has 0 bridgehead atoms. The zero-order valence-corrected chi connectivity index (χ0v) is 17.4. The number of nitrogens with one attached hydrogen (secondary N) is 2. The summed E-state index contributed by atoms with van der Waals surface area (Å²) < 4.78 is 39.4. The Balaban J connectivity index is 1.57. The topological polar surface area (TPSA) is 79.8 Å². The van der Waals surface area contributed by atoms with Crippen LogP contribution in [-0.2, 0) is 17.5 Å². The van der Waals surface area contributed by atoms with Crippen LogP contribution in [0.3, 0.4) is 0 Å². The minimum absolute atomic E-state index is 0.0849. The zero-order chi connectivity index (χ0) is 22.9. The van der Waals surface area contributed by atoms with Crippen LogP contribution in [0, 0.1) is 0 Å². The number of halogens is 3. The van der Waals surface area contributed by atoms with Gasteiger partial charge in [-0.2, -0.15) is 13.2 Å². The first-order valence-corrected chi connectivity index (χ1v) is 10.5. The molecular formula is C22H17F3N4O2S. The summed E-state index contributed by atoms with van der Waals surface area (Å²) in [6.45, 7) is 3.88. The number of rotatable bonds is 6. The molecule has 6 nitrogen and oxygen atoms in total. The number of allylic oxidation sites excluding steroid dienone is 1. The molecule has 4 aromatic rings. The van der Waals surface area contributed by atoms with E-state index in [1.54, 1.807) is 6.08 Å². The number of amides is 1. The molecule has 0 unspecified atom stereocenters. The number of benzene rings is 2. The van der Waals surface area contributed by atoms with Crippen LogP contribution >= 0.6 is 11.8 Å². The van der Waals surface area contributed by atoms with Crippen molar-refractivity contribution in [3.63, 3.8) is 0 Å². The SMILES string of the molecule is C=CCn1c(SCC(=O)Nc2ccc(C(F)(F)F)cc2)nc2c([nH]c3ccccc32)c1=O. The number of para-hydroxylation sites is 1. The van der Waals surface area contributed by atoms with Gasteiger partial charge in [-0.3, -0.25) is 14.2 Å². The van der Waals surface area contributed by atoms with E-state index in [1.165, 1.54) is 16.7 Å². The van der Waals surface area contributed by atoms with Crippen molar-refractivity contribution in [2.45, 2.75) is 17.9 Å². The number of alkyl halides is 3. The average molecular weight is 458 g/mol. The predicted octanol–water partition coefficient (Wildman–Crippen LogP) is 4.81. The summed E-state index contributed by atoms with van der Waals surface area (Å²) in [7, 11) is 0. The number of aromatic nitrogens is 3. The van der Waals surface area contributed by atoms with E-state index in [-0.39, 0.29) is 23.5 Å². The van der Waals surface area contributed by atoms with E-state index in [1.807, 2.05) is 24.3 Å². The number of aromatic amines is 1. The molecule has 0 saturated carbocycles. The molecule has 0 atom stereocenters. The Labute approximate surface area is 184 Å². The lowest BCUT2D eigenvalue weighted by molar-refractivity contribution is -0.137. The molecule has 2 N–H and O–H groups in total. The second-order valence-corrected chi connectivity index (χ2v) is 7.85. The van der Waals surface area contributed by atoms with Crippen molar-refractivity contribution >= 4 is 45.3 Å². The third-order valence-electron chi connectivity index (χ3n) is 4.72. The first kappa shape index (κ1) is 21.7. The van der Waals surface area contributed by atoms with E-state index in [2.05, 4.69) is 21.9 Å². The number of carbonyl (C=O) groups is 1. The molecule has 0 spiro atoms. The third-order valence-corrected chi connectivity index (χ3v) is 5.69. The molecule has 0 aliphatic rings. The minimum atomic E-state index is -4.44. The molecule has 32 heavy (non-hydrogen) atoms. The van der Waals surface area contributed by atoms with Gasteiger partial charge in [0.15, 0.2) is 5.16 Å². The normalized spacial score (nSPS) is 11.7. The third kappa shape index (κ3) is 4.26. The van der Waals surface area contributed by atoms with Gasteiger partial charge in [-0.05, 0) is 30.3 Å². The fraction of sp³-hybridized carbons (Fsp3) is 0.136. The molecule has 164 valence electrons. The first-order valence-electron chi connectivity index (χ1n) is 9.50. The van der Waals surface area contributed by atoms with Crippen molar-refractivity contribution in [3.8, 4) is 0 Å². The molecule has 1 amide bonds. The van der Waals surface area contributed by atoms with Gasteiger partial charge in [0.2, 0.25) is 5.91 Å². The van der Waals surface area contributed by atoms with Crippen molar-refractivity contribution < 1.29 is 18.0 Å². The van der Waals surface area contributed by atoms with Gasteiger partial charge in [-0.25, -0.2) is 4.98 Å². The fourth-order valence-corrected chi connectivity index (χ4v) is 4.05. The molecular weight excluding hydrogens is 441 g/mol. The molecule has 0 aliphatic carbocycles. The smallest absolute Gasteiger partial charge is 0.349 e. The van der Waals surface area contributed by atoms with Crippen molar-refractivity contribution in [1.82, 2.24) is 14.5 Å². The molecule has 0 saturated heterocycles. The van der Waals surface area contributed by atoms with Gasteiger partial charge in [-0.1, -0.05) is 36.0 Å². The van der Waals surface area contributed by atoms with E-state index in [0.29, 0.717) is 16.2 Å². The van der Waals surface area contributed by atoms with Crippen LogP contribution in [-0.4, -0.2) is 26.2 Å². The quantitative estimate of drug-likeness (QED) is 0.247. The van der Waals surface area contributed by atoms with Crippen LogP contribution in [0.4, 0.5) is 18.9 Å². The van der Waals surface area contributed by atoms with E-state index >= 15 is 0 Å². The lowest BCUT2D eigenvalue weighted by Gasteiger charge is -2.11. The molecule has 10 heteroatoms. The van der Waals surface area contributed by atoms with E-state index in [4.69, 9.17) is 0 Å². The number of fused-ring (bicyclic) bond motifs is 3. The molecule has 2 aromatic heterocycles. The Morgan fingerprint density at radius 1 is 1.19 bits per heavy atom. The zero-order valence-electron chi connectivity index (χ0n) is 16.6. The highest BCUT2D eigenvalue weighted by Crippen LogP contribution is 2.30. The summed E-state index contributed by atoms with van der Waals surface area (Å²) in [6, 6.07) is 11.6. The number of nitrogens with zero attached hydrogens (tertiary/aromatic N) is 2. The molecule has 0 fully saturated rings. The Morgan fingerprint density at radius 2 is 1.91 bits per heavy atom. The van der Waals surface area contributed by atoms with Crippen LogP contribution in [0.15, 0.2) is 71.1 Å². The molecule has 0 radical (unpaired) electrons. The molecule has 0 aliphatic heterocycles. The minimum Gasteiger partial charge on any atom is -0.349 e. The number of thioether (sulfide) groups is 1. The Bertz CT molecular complexity index is 1370. The van der Waals surface area contributed by atoms with E-state index < -0.39 is 17.6 Å². The predicted molar refractivity (Wildman–Crippen MR) is 119 cm³/mol. The van der Waals surface area contributed by atoms with Crippen molar-refractivity contribution in [3.05, 3.63) is 77.1 Å². The largest absolute Gasteiger partial charge is 0.416 e. The summed E-state index contributed by atoms with van der Waals surface area (Å²) in [5.74, 6) is -0.522. The van der Waals surface area contributed by atoms with Crippen molar-refractivity contribution in [2.75, 3.05) is 11.1 Å². The Hall–Kier alpha value is -3.53. The summed E-state index contributed by atoms with van der Waals surface area (Å²) >= 11 is 1.06. The Kier molecular flexibility index (Phi) is 5.79. The monoisotopic (exact) mass is 458 g/mol. The number of anilines is 1. The van der Waals surface area contributed by atoms with Gasteiger partial charge in [0, 0.05) is 23.1 Å². The maximum Gasteiger partial charge on any atom is 0.416 e. The van der Waals surface area contributed by atoms with Crippen LogP contribution < -0.4 is 10.9 Å². The summed E-state index contributed by atoms with van der Waals surface area (Å²) in [5, 5.41) is 3.69. The average Bonchev–Trinajstić information content (AvgIpc) is 3.13. The van der Waals surface area contributed by atoms with Crippen LogP contribution in [0.1, 0.15) is 5.56 Å². The summed E-state index contributed by atoms with van der Waals surface area (Å²) in [4.78, 5) is 33.0. The lowest BCUT2D eigenvalue weighted by Crippen LogP contribution is -2.23. The number of carbonyl (C=O) groups excluding carboxylic acids is 1. The maximum absolute atomic E-state index is 13.0. The number of H-pyrrole nitrogens is 1. The standard InChI is InChI=1S/C22H17F3N4O2S/c1-2-11-29-20(31)19-18(15-5-3-4-6-16(15)27-19)28-21(29)32-12-17(30)26-14-9-7-13(8-10-14)22(23,24)25/h2-10,27H,1,11-12H2,(H,26,30). The fourth-order valence-electron chi connectivity index (χ4n) is 3.25. The van der Waals surface area contributed by atoms with Gasteiger partial charge in [-0.15, -0.1) is 6.58 Å². The van der Waals surface area contributed by atoms with Crippen molar-refractivity contribution in [2.24, 2.45) is 0 Å². The second kappa shape index (κ2) is 8.54.